The smallest absolute Gasteiger partial charge is 0.410 e. The number of aryl methyl sites for hydroxylation is 1. The molecular weight excluding hydrogens is 705 g/mol. The molecule has 1 aliphatic carbocycles. The Morgan fingerprint density at radius 3 is 2.36 bits per heavy atom. The molecule has 11 heteroatoms. The Morgan fingerprint density at radius 1 is 0.893 bits per heavy atom. The van der Waals surface area contributed by atoms with Crippen LogP contribution in [0.1, 0.15) is 86.1 Å². The molecule has 0 aliphatic heterocycles. The maximum absolute atomic E-state index is 12.9. The zero-order chi connectivity index (χ0) is 39.9. The first kappa shape index (κ1) is 41.5. The maximum Gasteiger partial charge on any atom is 0.410 e. The number of ether oxygens (including phenoxy) is 1. The summed E-state index contributed by atoms with van der Waals surface area (Å²) in [4.78, 5) is 48.0. The Bertz CT molecular complexity index is 2030. The lowest BCUT2D eigenvalue weighted by Crippen LogP contribution is -2.42. The molecule has 2 aromatic heterocycles. The van der Waals surface area contributed by atoms with Gasteiger partial charge in [-0.2, -0.15) is 0 Å². The van der Waals surface area contributed by atoms with Crippen molar-refractivity contribution >= 4 is 28.7 Å². The van der Waals surface area contributed by atoms with E-state index in [2.05, 4.69) is 50.9 Å². The molecule has 0 radical (unpaired) electrons. The van der Waals surface area contributed by atoms with E-state index in [0.717, 1.165) is 41.8 Å². The fourth-order valence-corrected chi connectivity index (χ4v) is 6.73. The van der Waals surface area contributed by atoms with E-state index in [-0.39, 0.29) is 24.9 Å². The molecule has 3 aromatic carbocycles. The highest BCUT2D eigenvalue weighted by Crippen LogP contribution is 2.27. The van der Waals surface area contributed by atoms with E-state index in [1.54, 1.807) is 11.1 Å². The van der Waals surface area contributed by atoms with Gasteiger partial charge in [0.2, 0.25) is 5.91 Å². The molecule has 0 saturated carbocycles. The van der Waals surface area contributed by atoms with E-state index in [1.165, 1.54) is 21.9 Å². The van der Waals surface area contributed by atoms with Crippen LogP contribution in [-0.4, -0.2) is 56.1 Å². The van der Waals surface area contributed by atoms with Gasteiger partial charge in [-0.05, 0) is 111 Å². The van der Waals surface area contributed by atoms with Crippen LogP contribution in [0.5, 0.6) is 0 Å². The number of fused-ring (bicyclic) bond motifs is 2. The van der Waals surface area contributed by atoms with Gasteiger partial charge in [0, 0.05) is 31.5 Å². The number of rotatable bonds is 14. The molecule has 1 aliphatic rings. The molecule has 6 rings (SSSR count). The summed E-state index contributed by atoms with van der Waals surface area (Å²) in [5.74, 6) is -1.40. The number of carbonyl (C=O) groups excluding carboxylic acids is 2. The lowest BCUT2D eigenvalue weighted by molar-refractivity contribution is -0.141. The number of nitrogens with two attached hydrogens (primary N) is 1. The zero-order valence-electron chi connectivity index (χ0n) is 32.6. The minimum absolute atomic E-state index is 0.0521. The number of benzene rings is 3. The van der Waals surface area contributed by atoms with Gasteiger partial charge in [0.25, 0.3) is 0 Å². The van der Waals surface area contributed by atoms with Crippen LogP contribution in [0.2, 0.25) is 0 Å². The van der Waals surface area contributed by atoms with E-state index >= 15 is 0 Å². The summed E-state index contributed by atoms with van der Waals surface area (Å²) < 4.78 is 5.61. The summed E-state index contributed by atoms with van der Waals surface area (Å²) in [5.41, 5.74) is 10.9. The summed E-state index contributed by atoms with van der Waals surface area (Å²) in [6.45, 7) is 7.31. The fourth-order valence-electron chi connectivity index (χ4n) is 6.73. The number of hydrogen-bond acceptors (Lipinski definition) is 8. The van der Waals surface area contributed by atoms with Crippen molar-refractivity contribution in [1.29, 1.82) is 0 Å². The number of carboxylic acids is 1. The van der Waals surface area contributed by atoms with Gasteiger partial charge in [-0.1, -0.05) is 78.9 Å². The lowest BCUT2D eigenvalue weighted by atomic mass is 9.92. The predicted molar refractivity (Wildman–Crippen MR) is 218 cm³/mol. The largest absolute Gasteiger partial charge is 0.480 e. The zero-order valence-corrected chi connectivity index (χ0v) is 32.6. The minimum Gasteiger partial charge on any atom is -0.480 e. The van der Waals surface area contributed by atoms with E-state index in [4.69, 9.17) is 10.5 Å². The van der Waals surface area contributed by atoms with Crippen LogP contribution < -0.4 is 16.4 Å². The van der Waals surface area contributed by atoms with Crippen molar-refractivity contribution in [1.82, 2.24) is 25.5 Å². The van der Waals surface area contributed by atoms with Crippen molar-refractivity contribution in [3.05, 3.63) is 143 Å². The fraction of sp³-hybridized carbons (Fsp3) is 0.356. The number of amides is 2. The topological polar surface area (TPSA) is 160 Å². The number of nitrogens with zero attached hydrogens (tertiary/aromatic N) is 3. The SMILES string of the molecule is CC(C)(C)OC(=O)N(Cc1ccc(CC(=O)N[C@@H](CCCNC2CCCc3cccnc32)C(=O)O)cc1)Cc1ccccn1.NCc1cccc2ccccc12. The number of carboxylic acid groups (broad SMARTS) is 1. The van der Waals surface area contributed by atoms with E-state index in [0.29, 0.717) is 32.5 Å². The Hall–Kier alpha value is -5.65. The normalized spacial score (nSPS) is 14.1. The second kappa shape index (κ2) is 20.3. The van der Waals surface area contributed by atoms with Crippen molar-refractivity contribution < 1.29 is 24.2 Å². The van der Waals surface area contributed by atoms with Crippen LogP contribution in [0.4, 0.5) is 4.79 Å². The molecule has 0 bridgehead atoms. The van der Waals surface area contributed by atoms with Crippen LogP contribution in [0.15, 0.2) is 109 Å². The van der Waals surface area contributed by atoms with E-state index in [1.807, 2.05) is 93.7 Å². The van der Waals surface area contributed by atoms with Crippen LogP contribution >= 0.6 is 0 Å². The molecule has 2 heterocycles. The monoisotopic (exact) mass is 758 g/mol. The Labute approximate surface area is 329 Å². The van der Waals surface area contributed by atoms with Gasteiger partial charge in [0.1, 0.15) is 11.6 Å². The summed E-state index contributed by atoms with van der Waals surface area (Å²) in [7, 11) is 0. The Balaban J connectivity index is 0.000000421. The number of pyridine rings is 2. The molecule has 1 unspecified atom stereocenters. The second-order valence-corrected chi connectivity index (χ2v) is 15.0. The van der Waals surface area contributed by atoms with Gasteiger partial charge >= 0.3 is 12.1 Å². The molecule has 11 nitrogen and oxygen atoms in total. The first-order chi connectivity index (χ1) is 27.0. The van der Waals surface area contributed by atoms with Crippen molar-refractivity contribution in [2.24, 2.45) is 5.73 Å². The number of hydrogen-bond donors (Lipinski definition) is 4. The van der Waals surface area contributed by atoms with Crippen LogP contribution in [0.3, 0.4) is 0 Å². The third-order valence-electron chi connectivity index (χ3n) is 9.48. The van der Waals surface area contributed by atoms with Crippen LogP contribution in [0, 0.1) is 0 Å². The first-order valence-electron chi connectivity index (χ1n) is 19.3. The molecule has 0 fully saturated rings. The molecule has 294 valence electrons. The lowest BCUT2D eigenvalue weighted by Gasteiger charge is -2.27. The number of aromatic nitrogens is 2. The average Bonchev–Trinajstić information content (AvgIpc) is 3.19. The summed E-state index contributed by atoms with van der Waals surface area (Å²) in [6.07, 6.45) is 7.17. The predicted octanol–water partition coefficient (Wildman–Crippen LogP) is 7.27. The molecular formula is C45H54N6O5. The van der Waals surface area contributed by atoms with Crippen molar-refractivity contribution in [3.8, 4) is 0 Å². The van der Waals surface area contributed by atoms with Gasteiger partial charge in [0.15, 0.2) is 0 Å². The highest BCUT2D eigenvalue weighted by molar-refractivity contribution is 5.86. The Kier molecular flexibility index (Phi) is 15.1. The molecule has 0 spiro atoms. The van der Waals surface area contributed by atoms with Crippen LogP contribution in [0.25, 0.3) is 10.8 Å². The number of nitrogens with one attached hydrogen (secondary N) is 2. The molecule has 0 saturated heterocycles. The summed E-state index contributed by atoms with van der Waals surface area (Å²) >= 11 is 0. The van der Waals surface area contributed by atoms with Crippen molar-refractivity contribution in [2.45, 2.75) is 96.6 Å². The average molecular weight is 759 g/mol. The number of aliphatic carboxylic acids is 1. The van der Waals surface area contributed by atoms with E-state index < -0.39 is 23.7 Å². The van der Waals surface area contributed by atoms with Gasteiger partial charge in [-0.25, -0.2) is 9.59 Å². The van der Waals surface area contributed by atoms with Crippen molar-refractivity contribution in [2.75, 3.05) is 6.54 Å². The Morgan fingerprint density at radius 2 is 1.62 bits per heavy atom. The highest BCUT2D eigenvalue weighted by atomic mass is 16.6. The van der Waals surface area contributed by atoms with Crippen molar-refractivity contribution in [3.63, 3.8) is 0 Å². The number of carbonyl (C=O) groups is 3. The van der Waals surface area contributed by atoms with Gasteiger partial charge in [-0.15, -0.1) is 0 Å². The molecule has 2 atom stereocenters. The standard InChI is InChI=1S/C34H43N5O5.C11H11N/c1-34(2,3)44-33(43)39(23-27-11-4-5-18-35-27)22-25-16-14-24(15-17-25)21-30(40)38-29(32(41)42)13-8-19-36-28-12-6-9-26-10-7-20-37-31(26)28;12-8-10-6-3-5-9-4-1-2-7-11(9)10/h4-5,7,10-11,14-18,20,28-29,36H,6,8-9,12-13,19,21-23H2,1-3H3,(H,38,40)(H,41,42);1-7H,8,12H2/t28?,29-;/m0./s1. The van der Waals surface area contributed by atoms with E-state index in [9.17, 15) is 19.5 Å². The third kappa shape index (κ3) is 12.7. The molecule has 56 heavy (non-hydrogen) atoms. The van der Waals surface area contributed by atoms with Gasteiger partial charge in [-0.3, -0.25) is 19.7 Å². The summed E-state index contributed by atoms with van der Waals surface area (Å²) in [5, 5.41) is 18.4. The minimum atomic E-state index is -1.05. The molecule has 5 N–H and O–H groups in total. The maximum atomic E-state index is 12.9. The van der Waals surface area contributed by atoms with Gasteiger partial charge in [0.05, 0.1) is 24.4 Å². The molecule has 5 aromatic rings. The first-order valence-corrected chi connectivity index (χ1v) is 19.3. The molecule has 2 amide bonds. The highest BCUT2D eigenvalue weighted by Gasteiger charge is 2.24. The quantitative estimate of drug-likeness (QED) is 0.0855. The second-order valence-electron chi connectivity index (χ2n) is 15.0. The summed E-state index contributed by atoms with van der Waals surface area (Å²) in [6, 6.07) is 30.7. The third-order valence-corrected chi connectivity index (χ3v) is 9.48. The van der Waals surface area contributed by atoms with Crippen LogP contribution in [-0.2, 0) is 46.8 Å². The van der Waals surface area contributed by atoms with Gasteiger partial charge < -0.3 is 26.2 Å².